The van der Waals surface area contributed by atoms with Crippen LogP contribution in [0.1, 0.15) is 76.7 Å². The van der Waals surface area contributed by atoms with Crippen LogP contribution in [0, 0.1) is 5.82 Å². The van der Waals surface area contributed by atoms with Gasteiger partial charge < -0.3 is 70.2 Å². The topological polar surface area (TPSA) is 390 Å². The van der Waals surface area contributed by atoms with Crippen molar-refractivity contribution in [1.29, 1.82) is 0 Å². The van der Waals surface area contributed by atoms with Crippen molar-refractivity contribution in [3.63, 3.8) is 0 Å². The maximum Gasteiger partial charge on any atom is 0.326 e. The molecule has 0 radical (unpaired) electrons. The standard InChI is InChI=1S/C40H61FN14O10/c1-22(56)50-26(7-3-18-48-40(44)45)34(60)53-27-14-15-31(57)46-16-4-8-28(38(64)65)51-32(58)21-49-33(59)25(6-2-17-47-39(42)43)52-35(61)29(20-23-10-12-24(41)13-11-23)54-36(62)30-9-5-19-55(30)37(27)63/h10-13,25-30H,2-9,14-21H2,1H3,(H,46,57)(H,49,59)(H,50,56)(H,51,58)(H,52,61)(H,53,60)(H,54,62)(H,64,65)(H4,42,43,47)(H4,44,45,48)/t25-,26-,27-,28-,29+,30-/m0/s1. The van der Waals surface area contributed by atoms with Crippen molar-refractivity contribution in [3.05, 3.63) is 35.6 Å². The van der Waals surface area contributed by atoms with Crippen molar-refractivity contribution in [2.24, 2.45) is 32.9 Å². The molecule has 2 saturated heterocycles. The number of carbonyl (C=O) groups is 9. The predicted molar refractivity (Wildman–Crippen MR) is 232 cm³/mol. The van der Waals surface area contributed by atoms with E-state index in [1.807, 2.05) is 0 Å². The number of nitrogens with zero attached hydrogens (tertiary/aromatic N) is 3. The lowest BCUT2D eigenvalue weighted by molar-refractivity contribution is -0.143. The second-order valence-corrected chi connectivity index (χ2v) is 15.6. The first-order chi connectivity index (χ1) is 30.8. The summed E-state index contributed by atoms with van der Waals surface area (Å²) in [4.78, 5) is 129. The Balaban J connectivity index is 2.02. The van der Waals surface area contributed by atoms with Crippen LogP contribution in [0.4, 0.5) is 4.39 Å². The number of nitrogens with one attached hydrogen (secondary N) is 7. The number of hydrogen-bond acceptors (Lipinski definition) is 11. The maximum absolute atomic E-state index is 14.4. The molecule has 1 aromatic carbocycles. The van der Waals surface area contributed by atoms with E-state index in [0.717, 1.165) is 12.1 Å². The highest BCUT2D eigenvalue weighted by molar-refractivity contribution is 5.97. The molecule has 0 unspecified atom stereocenters. The molecule has 16 N–H and O–H groups in total. The number of nitrogens with two attached hydrogens (primary N) is 4. The molecule has 2 fully saturated rings. The number of hydrogen-bond donors (Lipinski definition) is 12. The number of aliphatic carboxylic acids is 1. The predicted octanol–water partition coefficient (Wildman–Crippen LogP) is -4.20. The number of carboxylic acids is 1. The van der Waals surface area contributed by atoms with Crippen molar-refractivity contribution in [2.75, 3.05) is 32.7 Å². The van der Waals surface area contributed by atoms with Crippen LogP contribution in [0.2, 0.25) is 0 Å². The van der Waals surface area contributed by atoms with Crippen LogP contribution in [-0.4, -0.2) is 144 Å². The van der Waals surface area contributed by atoms with E-state index in [-0.39, 0.29) is 102 Å². The summed E-state index contributed by atoms with van der Waals surface area (Å²) in [6, 6.07) is -2.80. The molecule has 0 bridgehead atoms. The fourth-order valence-electron chi connectivity index (χ4n) is 7.12. The monoisotopic (exact) mass is 916 g/mol. The Morgan fingerprint density at radius 3 is 2.14 bits per heavy atom. The molecule has 8 amide bonds. The molecule has 2 aliphatic rings. The first-order valence-electron chi connectivity index (χ1n) is 21.2. The zero-order chi connectivity index (χ0) is 48.1. The van der Waals surface area contributed by atoms with Gasteiger partial charge in [0.2, 0.25) is 47.3 Å². The van der Waals surface area contributed by atoms with Gasteiger partial charge in [-0.3, -0.25) is 48.3 Å². The highest BCUT2D eigenvalue weighted by atomic mass is 19.1. The van der Waals surface area contributed by atoms with Gasteiger partial charge in [0, 0.05) is 45.9 Å². The second-order valence-electron chi connectivity index (χ2n) is 15.6. The number of halogens is 1. The highest BCUT2D eigenvalue weighted by Gasteiger charge is 2.40. The minimum atomic E-state index is -1.42. The summed E-state index contributed by atoms with van der Waals surface area (Å²) in [6.45, 7) is 0.723. The van der Waals surface area contributed by atoms with Gasteiger partial charge in [0.05, 0.1) is 6.54 Å². The average Bonchev–Trinajstić information content (AvgIpc) is 3.74. The Kier molecular flexibility index (Phi) is 21.3. The Morgan fingerprint density at radius 1 is 0.831 bits per heavy atom. The van der Waals surface area contributed by atoms with E-state index in [2.05, 4.69) is 47.2 Å². The van der Waals surface area contributed by atoms with Gasteiger partial charge in [-0.2, -0.15) is 0 Å². The first kappa shape index (κ1) is 52.3. The molecule has 65 heavy (non-hydrogen) atoms. The lowest BCUT2D eigenvalue weighted by Crippen LogP contribution is -2.59. The molecular weight excluding hydrogens is 856 g/mol. The molecule has 1 aromatic rings. The van der Waals surface area contributed by atoms with Crippen LogP contribution in [0.3, 0.4) is 0 Å². The normalized spacial score (nSPS) is 22.3. The summed E-state index contributed by atoms with van der Waals surface area (Å²) < 4.78 is 13.9. The van der Waals surface area contributed by atoms with Crippen LogP contribution >= 0.6 is 0 Å². The molecule has 0 saturated carbocycles. The number of fused-ring (bicyclic) bond motifs is 1. The van der Waals surface area contributed by atoms with Gasteiger partial charge in [-0.25, -0.2) is 9.18 Å². The Hall–Kier alpha value is -7.08. The van der Waals surface area contributed by atoms with Crippen LogP contribution < -0.4 is 60.2 Å². The van der Waals surface area contributed by atoms with E-state index in [9.17, 15) is 52.6 Å². The number of rotatable bonds is 14. The lowest BCUT2D eigenvalue weighted by atomic mass is 10.0. The molecular formula is C40H61FN14O10. The molecule has 2 aliphatic heterocycles. The molecule has 2 heterocycles. The van der Waals surface area contributed by atoms with Crippen molar-refractivity contribution >= 4 is 65.1 Å². The number of carbonyl (C=O) groups excluding carboxylic acids is 8. The highest BCUT2D eigenvalue weighted by Crippen LogP contribution is 2.21. The lowest BCUT2D eigenvalue weighted by Gasteiger charge is -2.31. The van der Waals surface area contributed by atoms with Crippen molar-refractivity contribution < 1.29 is 52.6 Å². The summed E-state index contributed by atoms with van der Waals surface area (Å²) in [5.74, 6) is -8.30. The average molecular weight is 917 g/mol. The fourth-order valence-corrected chi connectivity index (χ4v) is 7.12. The molecule has 25 heteroatoms. The van der Waals surface area contributed by atoms with Crippen molar-refractivity contribution in [2.45, 2.75) is 114 Å². The summed E-state index contributed by atoms with van der Waals surface area (Å²) in [5.41, 5.74) is 22.1. The van der Waals surface area contributed by atoms with Crippen LogP contribution in [0.15, 0.2) is 34.3 Å². The Bertz CT molecular complexity index is 1930. The number of amides is 8. The van der Waals surface area contributed by atoms with Crippen LogP contribution in [0.5, 0.6) is 0 Å². The van der Waals surface area contributed by atoms with E-state index in [4.69, 9.17) is 22.9 Å². The minimum absolute atomic E-state index is 0.0325. The second kappa shape index (κ2) is 26.5. The molecule has 24 nitrogen and oxygen atoms in total. The molecule has 0 spiro atoms. The largest absolute Gasteiger partial charge is 0.480 e. The zero-order valence-corrected chi connectivity index (χ0v) is 36.2. The smallest absolute Gasteiger partial charge is 0.326 e. The molecule has 358 valence electrons. The Labute approximate surface area is 374 Å². The molecule has 3 rings (SSSR count). The number of benzene rings is 1. The van der Waals surface area contributed by atoms with Gasteiger partial charge in [-0.1, -0.05) is 12.1 Å². The van der Waals surface area contributed by atoms with E-state index >= 15 is 0 Å². The SMILES string of the molecule is CC(=O)N[C@@H](CCCN=C(N)N)C(=O)N[C@H]1CCC(=O)NCCC[C@@H](C(=O)O)NC(=O)CNC(=O)[C@H](CCCN=C(N)N)NC(=O)[C@@H](Cc2ccc(F)cc2)NC(=O)[C@@H]2CCCN2C1=O. The molecule has 6 atom stereocenters. The minimum Gasteiger partial charge on any atom is -0.480 e. The quantitative estimate of drug-likeness (QED) is 0.0479. The molecule has 0 aliphatic carbocycles. The third kappa shape index (κ3) is 18.7. The van der Waals surface area contributed by atoms with Crippen molar-refractivity contribution in [1.82, 2.24) is 42.1 Å². The number of carboxylic acid groups (broad SMARTS) is 1. The summed E-state index contributed by atoms with van der Waals surface area (Å²) >= 11 is 0. The summed E-state index contributed by atoms with van der Waals surface area (Å²) in [5, 5.41) is 27.6. The zero-order valence-electron chi connectivity index (χ0n) is 36.2. The van der Waals surface area contributed by atoms with Gasteiger partial charge >= 0.3 is 5.97 Å². The van der Waals surface area contributed by atoms with Gasteiger partial charge in [0.1, 0.15) is 42.1 Å². The third-order valence-electron chi connectivity index (χ3n) is 10.4. The first-order valence-corrected chi connectivity index (χ1v) is 21.2. The van der Waals surface area contributed by atoms with Gasteiger partial charge in [-0.05, 0) is 75.5 Å². The Morgan fingerprint density at radius 2 is 1.49 bits per heavy atom. The van der Waals surface area contributed by atoms with E-state index < -0.39 is 102 Å². The fraction of sp³-hybridized carbons (Fsp3) is 0.575. The van der Waals surface area contributed by atoms with E-state index in [1.165, 1.54) is 24.0 Å². The van der Waals surface area contributed by atoms with Crippen LogP contribution in [0.25, 0.3) is 0 Å². The van der Waals surface area contributed by atoms with Crippen molar-refractivity contribution in [3.8, 4) is 0 Å². The summed E-state index contributed by atoms with van der Waals surface area (Å²) in [7, 11) is 0. The number of guanidine groups is 2. The third-order valence-corrected chi connectivity index (χ3v) is 10.4. The van der Waals surface area contributed by atoms with E-state index in [1.54, 1.807) is 0 Å². The van der Waals surface area contributed by atoms with Gasteiger partial charge in [0.15, 0.2) is 11.9 Å². The van der Waals surface area contributed by atoms with Gasteiger partial charge in [-0.15, -0.1) is 0 Å². The van der Waals surface area contributed by atoms with E-state index in [0.29, 0.717) is 12.0 Å². The van der Waals surface area contributed by atoms with Gasteiger partial charge in [0.25, 0.3) is 0 Å². The maximum atomic E-state index is 14.4. The number of aliphatic imine (C=N–C) groups is 2. The van der Waals surface area contributed by atoms with Crippen LogP contribution in [-0.2, 0) is 49.6 Å². The molecule has 0 aromatic heterocycles. The summed E-state index contributed by atoms with van der Waals surface area (Å²) in [6.07, 6.45) is 0.0571.